The van der Waals surface area contributed by atoms with E-state index in [-0.39, 0.29) is 12.1 Å². The highest BCUT2D eigenvalue weighted by Crippen LogP contribution is 2.39. The Morgan fingerprint density at radius 1 is 0.500 bits per heavy atom. The van der Waals surface area contributed by atoms with Gasteiger partial charge in [0, 0.05) is 35.6 Å². The van der Waals surface area contributed by atoms with Crippen LogP contribution in [0.25, 0.3) is 55.2 Å². The second-order valence-electron chi connectivity index (χ2n) is 9.63. The van der Waals surface area contributed by atoms with Crippen molar-refractivity contribution in [2.75, 3.05) is 0 Å². The summed E-state index contributed by atoms with van der Waals surface area (Å²) in [6.07, 6.45) is 8.52. The Hall–Kier alpha value is -3.52. The van der Waals surface area contributed by atoms with Crippen molar-refractivity contribution in [3.05, 3.63) is 70.1 Å². The molecule has 0 bridgehead atoms. The van der Waals surface area contributed by atoms with Crippen molar-refractivity contribution >= 4 is 67.7 Å². The van der Waals surface area contributed by atoms with Gasteiger partial charge in [0.1, 0.15) is 0 Å². The summed E-state index contributed by atoms with van der Waals surface area (Å²) >= 11 is 0. The van der Waals surface area contributed by atoms with Crippen molar-refractivity contribution in [3.8, 4) is 0 Å². The van der Waals surface area contributed by atoms with Crippen LogP contribution in [0.1, 0.15) is 52.7 Å². The van der Waals surface area contributed by atoms with Gasteiger partial charge in [-0.05, 0) is 95.1 Å². The van der Waals surface area contributed by atoms with Crippen molar-refractivity contribution in [1.82, 2.24) is 0 Å². The highest BCUT2D eigenvalue weighted by Gasteiger charge is 2.16. The van der Waals surface area contributed by atoms with Crippen molar-refractivity contribution in [3.63, 3.8) is 0 Å². The number of fused-ring (bicyclic) bond motifs is 2. The van der Waals surface area contributed by atoms with Gasteiger partial charge in [-0.2, -0.15) is 0 Å². The highest BCUT2D eigenvalue weighted by molar-refractivity contribution is 6.35. The third-order valence-electron chi connectivity index (χ3n) is 6.68. The van der Waals surface area contributed by atoms with E-state index in [2.05, 4.69) is 102 Å². The third kappa shape index (κ3) is 3.49. The summed E-state index contributed by atoms with van der Waals surface area (Å²) in [5.41, 5.74) is 2.36. The number of nitrogens with zero attached hydrogens (tertiary/aromatic N) is 2. The zero-order valence-electron chi connectivity index (χ0n) is 21.0. The second-order valence-corrected chi connectivity index (χ2v) is 9.63. The van der Waals surface area contributed by atoms with Crippen LogP contribution >= 0.6 is 0 Å². The largest absolute Gasteiger partial charge is 0.290 e. The maximum Gasteiger partial charge on any atom is 0.0443 e. The Balaban J connectivity index is 2.03. The van der Waals surface area contributed by atoms with E-state index in [0.29, 0.717) is 0 Å². The van der Waals surface area contributed by atoms with E-state index in [1.807, 2.05) is 12.4 Å². The standard InChI is InChI=1S/C32H32N2/c1-7-21-9-13-25-26-14-10-22(8-2)30-24(18-34-20(5)6)12-16-28(32(26)30)27-15-11-23(17-33-19(3)4)29(21)31(25)27/h7-20H,1-6H3/b21-7-,22-8-,33-17?,34-18?. The zero-order chi connectivity index (χ0) is 24.0. The van der Waals surface area contributed by atoms with Crippen LogP contribution in [-0.2, 0) is 0 Å². The Kier molecular flexibility index (Phi) is 5.69. The molecule has 5 aromatic carbocycles. The summed E-state index contributed by atoms with van der Waals surface area (Å²) in [6, 6.07) is 18.7. The van der Waals surface area contributed by atoms with Crippen LogP contribution in [0, 0.1) is 0 Å². The monoisotopic (exact) mass is 444 g/mol. The van der Waals surface area contributed by atoms with Crippen LogP contribution in [0.2, 0.25) is 0 Å². The molecule has 0 aliphatic carbocycles. The summed E-state index contributed by atoms with van der Waals surface area (Å²) in [5, 5.41) is 12.9. The summed E-state index contributed by atoms with van der Waals surface area (Å²) in [5.74, 6) is 0. The van der Waals surface area contributed by atoms with E-state index < -0.39 is 0 Å². The predicted molar refractivity (Wildman–Crippen MR) is 153 cm³/mol. The van der Waals surface area contributed by atoms with Crippen molar-refractivity contribution in [1.29, 1.82) is 0 Å². The molecule has 0 N–H and O–H groups in total. The first-order valence-electron chi connectivity index (χ1n) is 12.3. The van der Waals surface area contributed by atoms with Crippen molar-refractivity contribution < 1.29 is 0 Å². The fraction of sp³-hybridized carbons (Fsp3) is 0.250. The molecule has 0 atom stereocenters. The molecule has 0 aliphatic heterocycles. The van der Waals surface area contributed by atoms with Gasteiger partial charge in [-0.1, -0.05) is 60.7 Å². The first-order valence-corrected chi connectivity index (χ1v) is 12.3. The zero-order valence-corrected chi connectivity index (χ0v) is 21.0. The molecule has 0 unspecified atom stereocenters. The lowest BCUT2D eigenvalue weighted by Gasteiger charge is -2.17. The Morgan fingerprint density at radius 2 is 0.853 bits per heavy atom. The van der Waals surface area contributed by atoms with Gasteiger partial charge in [0.2, 0.25) is 0 Å². The molecule has 0 radical (unpaired) electrons. The molecule has 170 valence electrons. The van der Waals surface area contributed by atoms with E-state index in [0.717, 1.165) is 0 Å². The van der Waals surface area contributed by atoms with Gasteiger partial charge < -0.3 is 0 Å². The van der Waals surface area contributed by atoms with Gasteiger partial charge in [0.15, 0.2) is 0 Å². The van der Waals surface area contributed by atoms with E-state index in [1.54, 1.807) is 0 Å². The quantitative estimate of drug-likeness (QED) is 0.162. The molecule has 0 amide bonds. The van der Waals surface area contributed by atoms with Crippen LogP contribution in [0.3, 0.4) is 0 Å². The van der Waals surface area contributed by atoms with Gasteiger partial charge in [0.05, 0.1) is 0 Å². The fourth-order valence-electron chi connectivity index (χ4n) is 5.15. The maximum absolute atomic E-state index is 4.72. The van der Waals surface area contributed by atoms with Gasteiger partial charge >= 0.3 is 0 Å². The topological polar surface area (TPSA) is 24.7 Å². The summed E-state index contributed by atoms with van der Waals surface area (Å²) in [6.45, 7) is 12.7. The van der Waals surface area contributed by atoms with Crippen LogP contribution in [0.15, 0.2) is 58.5 Å². The molecular formula is C32H32N2. The van der Waals surface area contributed by atoms with E-state index in [9.17, 15) is 0 Å². The van der Waals surface area contributed by atoms with E-state index >= 15 is 0 Å². The molecule has 0 saturated heterocycles. The average molecular weight is 445 g/mol. The molecule has 5 rings (SSSR count). The Labute approximate surface area is 201 Å². The molecule has 0 aliphatic rings. The predicted octanol–water partition coefficient (Wildman–Crippen LogP) is 6.99. The van der Waals surface area contributed by atoms with Crippen LogP contribution < -0.4 is 10.4 Å². The van der Waals surface area contributed by atoms with Gasteiger partial charge in [-0.15, -0.1) is 0 Å². The normalized spacial score (nSPS) is 14.2. The van der Waals surface area contributed by atoms with E-state index in [4.69, 9.17) is 9.98 Å². The van der Waals surface area contributed by atoms with Crippen molar-refractivity contribution in [2.24, 2.45) is 9.98 Å². The smallest absolute Gasteiger partial charge is 0.0443 e. The summed E-state index contributed by atoms with van der Waals surface area (Å²) < 4.78 is 0. The van der Waals surface area contributed by atoms with E-state index in [1.165, 1.54) is 64.7 Å². The van der Waals surface area contributed by atoms with Crippen molar-refractivity contribution in [2.45, 2.75) is 53.6 Å². The maximum atomic E-state index is 4.72. The number of hydrogen-bond donors (Lipinski definition) is 0. The molecule has 0 saturated carbocycles. The number of aliphatic imine (C=N–C) groups is 2. The van der Waals surface area contributed by atoms with Gasteiger partial charge in [-0.25, -0.2) is 0 Å². The first-order chi connectivity index (χ1) is 16.4. The first kappa shape index (κ1) is 22.3. The SMILES string of the molecule is C/C=c1/ccc2c3cc/c(=C/C)c4c(C=NC(C)C)ccc(c5ccc(C=NC(C)C)c1c52)c43. The minimum atomic E-state index is 0.268. The molecule has 0 fully saturated rings. The number of hydrogen-bond acceptors (Lipinski definition) is 2. The minimum Gasteiger partial charge on any atom is -0.290 e. The molecular weight excluding hydrogens is 412 g/mol. The molecule has 0 heterocycles. The lowest BCUT2D eigenvalue weighted by molar-refractivity contribution is 0.841. The Bertz CT molecular complexity index is 1570. The number of benzene rings is 5. The Morgan fingerprint density at radius 3 is 1.18 bits per heavy atom. The molecule has 34 heavy (non-hydrogen) atoms. The van der Waals surface area contributed by atoms with Crippen LogP contribution in [-0.4, -0.2) is 24.5 Å². The lowest BCUT2D eigenvalue weighted by atomic mass is 9.86. The fourth-order valence-corrected chi connectivity index (χ4v) is 5.15. The second kappa shape index (κ2) is 8.68. The average Bonchev–Trinajstić information content (AvgIpc) is 2.84. The summed E-state index contributed by atoms with van der Waals surface area (Å²) in [4.78, 5) is 9.44. The molecule has 5 aromatic rings. The highest BCUT2D eigenvalue weighted by atomic mass is 14.7. The lowest BCUT2D eigenvalue weighted by Crippen LogP contribution is -2.08. The van der Waals surface area contributed by atoms with Gasteiger partial charge in [0.25, 0.3) is 0 Å². The van der Waals surface area contributed by atoms with Crippen LogP contribution in [0.4, 0.5) is 0 Å². The molecule has 0 aromatic heterocycles. The number of rotatable bonds is 4. The minimum absolute atomic E-state index is 0.268. The molecule has 2 nitrogen and oxygen atoms in total. The van der Waals surface area contributed by atoms with Gasteiger partial charge in [-0.3, -0.25) is 9.98 Å². The van der Waals surface area contributed by atoms with Crippen LogP contribution in [0.5, 0.6) is 0 Å². The third-order valence-corrected chi connectivity index (χ3v) is 6.68. The molecule has 0 spiro atoms. The summed E-state index contributed by atoms with van der Waals surface area (Å²) in [7, 11) is 0. The molecule has 2 heteroatoms.